The number of nitrogens with one attached hydrogen (secondary N) is 2. The van der Waals surface area contributed by atoms with E-state index < -0.39 is 29.5 Å². The van der Waals surface area contributed by atoms with Crippen molar-refractivity contribution in [1.29, 1.82) is 0 Å². The number of likely N-dealkylation sites (tertiary alicyclic amines) is 1. The maximum absolute atomic E-state index is 13.9. The second kappa shape index (κ2) is 13.3. The number of amides is 3. The predicted octanol–water partition coefficient (Wildman–Crippen LogP) is 4.08. The lowest BCUT2D eigenvalue weighted by atomic mass is 9.84. The van der Waals surface area contributed by atoms with Crippen molar-refractivity contribution in [1.82, 2.24) is 19.8 Å². The highest BCUT2D eigenvalue weighted by atomic mass is 16.5. The van der Waals surface area contributed by atoms with Crippen molar-refractivity contribution in [3.8, 4) is 0 Å². The number of rotatable bonds is 9. The van der Waals surface area contributed by atoms with Gasteiger partial charge in [-0.25, -0.2) is 9.78 Å². The van der Waals surface area contributed by atoms with E-state index in [4.69, 9.17) is 4.74 Å². The third-order valence-corrected chi connectivity index (χ3v) is 8.11. The van der Waals surface area contributed by atoms with Gasteiger partial charge in [-0.1, -0.05) is 83.2 Å². The molecule has 1 aromatic carbocycles. The Kier molecular flexibility index (Phi) is 9.83. The van der Waals surface area contributed by atoms with Crippen molar-refractivity contribution in [2.75, 3.05) is 19.0 Å². The molecule has 41 heavy (non-hydrogen) atoms. The molecule has 3 amide bonds. The molecule has 1 unspecified atom stereocenters. The van der Waals surface area contributed by atoms with Gasteiger partial charge in [-0.15, -0.1) is 0 Å². The predicted molar refractivity (Wildman–Crippen MR) is 155 cm³/mol. The zero-order chi connectivity index (χ0) is 29.6. The van der Waals surface area contributed by atoms with Crippen LogP contribution in [-0.2, 0) is 23.9 Å². The Hall–Kier alpha value is -3.69. The van der Waals surface area contributed by atoms with E-state index in [1.807, 2.05) is 51.1 Å². The van der Waals surface area contributed by atoms with Gasteiger partial charge in [0.15, 0.2) is 5.82 Å². The zero-order valence-corrected chi connectivity index (χ0v) is 24.6. The zero-order valence-electron chi connectivity index (χ0n) is 24.6. The van der Waals surface area contributed by atoms with E-state index in [1.165, 1.54) is 19.9 Å². The highest BCUT2D eigenvalue weighted by Gasteiger charge is 2.39. The molecule has 10 nitrogen and oxygen atoms in total. The third-order valence-electron chi connectivity index (χ3n) is 8.11. The van der Waals surface area contributed by atoms with Gasteiger partial charge in [0, 0.05) is 18.2 Å². The van der Waals surface area contributed by atoms with Crippen LogP contribution in [-0.4, -0.2) is 63.9 Å². The second-order valence-electron chi connectivity index (χ2n) is 12.2. The van der Waals surface area contributed by atoms with E-state index >= 15 is 0 Å². The molecular formula is C31H43N5O5. The summed E-state index contributed by atoms with van der Waals surface area (Å²) in [5.74, 6) is -0.519. The number of benzene rings is 1. The molecule has 1 aliphatic carbocycles. The van der Waals surface area contributed by atoms with Gasteiger partial charge in [0.25, 0.3) is 5.91 Å². The summed E-state index contributed by atoms with van der Waals surface area (Å²) in [5.41, 5.74) is 0.101. The molecule has 1 aromatic heterocycles. The Bertz CT molecular complexity index is 1210. The summed E-state index contributed by atoms with van der Waals surface area (Å²) in [6.45, 7) is 5.93. The Labute approximate surface area is 242 Å². The molecule has 10 heteroatoms. The topological polar surface area (TPSA) is 123 Å². The smallest absolute Gasteiger partial charge is 0.328 e. The number of aromatic nitrogens is 2. The Balaban J connectivity index is 1.55. The van der Waals surface area contributed by atoms with Gasteiger partial charge in [0.05, 0.1) is 13.4 Å². The van der Waals surface area contributed by atoms with Crippen LogP contribution >= 0.6 is 0 Å². The minimum Gasteiger partial charge on any atom is -0.467 e. The lowest BCUT2D eigenvalue weighted by Gasteiger charge is -2.28. The van der Waals surface area contributed by atoms with Crippen LogP contribution in [0.5, 0.6) is 0 Å². The molecule has 1 aliphatic heterocycles. The number of carbonyl (C=O) groups excluding carboxylic acids is 4. The maximum Gasteiger partial charge on any atom is 0.328 e. The first-order chi connectivity index (χ1) is 19.6. The molecule has 2 aliphatic rings. The van der Waals surface area contributed by atoms with Crippen LogP contribution in [0.15, 0.2) is 42.9 Å². The normalized spacial score (nSPS) is 19.3. The molecule has 0 bridgehead atoms. The quantitative estimate of drug-likeness (QED) is 0.442. The molecule has 2 fully saturated rings. The highest BCUT2D eigenvalue weighted by molar-refractivity contribution is 5.97. The summed E-state index contributed by atoms with van der Waals surface area (Å²) in [4.78, 5) is 58.6. The summed E-state index contributed by atoms with van der Waals surface area (Å²) in [5, 5.41) is 5.84. The molecule has 1 saturated carbocycles. The lowest BCUT2D eigenvalue weighted by Crippen LogP contribution is -2.48. The monoisotopic (exact) mass is 565 g/mol. The van der Waals surface area contributed by atoms with Crippen molar-refractivity contribution in [3.05, 3.63) is 48.4 Å². The van der Waals surface area contributed by atoms with E-state index in [0.717, 1.165) is 31.2 Å². The van der Waals surface area contributed by atoms with Crippen LogP contribution in [0.2, 0.25) is 0 Å². The van der Waals surface area contributed by atoms with Gasteiger partial charge in [-0.2, -0.15) is 0 Å². The molecule has 2 aromatic rings. The largest absolute Gasteiger partial charge is 0.467 e. The molecule has 2 heterocycles. The van der Waals surface area contributed by atoms with Crippen LogP contribution in [0.1, 0.15) is 83.7 Å². The lowest BCUT2D eigenvalue weighted by molar-refractivity contribution is -0.151. The second-order valence-corrected chi connectivity index (χ2v) is 12.2. The van der Waals surface area contributed by atoms with Crippen molar-refractivity contribution in [2.24, 2.45) is 11.3 Å². The average molecular weight is 566 g/mol. The summed E-state index contributed by atoms with van der Waals surface area (Å²) < 4.78 is 6.61. The van der Waals surface area contributed by atoms with E-state index in [9.17, 15) is 19.2 Å². The van der Waals surface area contributed by atoms with Gasteiger partial charge >= 0.3 is 5.97 Å². The first-order valence-corrected chi connectivity index (χ1v) is 14.7. The van der Waals surface area contributed by atoms with Gasteiger partial charge in [0.1, 0.15) is 18.1 Å². The van der Waals surface area contributed by atoms with Gasteiger partial charge in [-0.3, -0.25) is 14.4 Å². The van der Waals surface area contributed by atoms with Crippen molar-refractivity contribution in [3.63, 3.8) is 0 Å². The Morgan fingerprint density at radius 2 is 1.73 bits per heavy atom. The fourth-order valence-corrected chi connectivity index (χ4v) is 5.76. The van der Waals surface area contributed by atoms with Crippen LogP contribution in [0.25, 0.3) is 0 Å². The number of methoxy groups -OCH3 is 1. The summed E-state index contributed by atoms with van der Waals surface area (Å²) in [6, 6.07) is 7.18. The van der Waals surface area contributed by atoms with E-state index in [0.29, 0.717) is 31.7 Å². The molecule has 2 N–H and O–H groups in total. The van der Waals surface area contributed by atoms with Crippen molar-refractivity contribution >= 4 is 29.5 Å². The molecule has 3 atom stereocenters. The van der Waals surface area contributed by atoms with Gasteiger partial charge in [0.2, 0.25) is 11.8 Å². The summed E-state index contributed by atoms with van der Waals surface area (Å²) >= 11 is 0. The standard InChI is InChI=1S/C31H43N5O5/c1-31(2,3)30(40)33-23(18-21-12-7-5-8-13-21)27(37)34-25-19-35(20-32-25)26(22-14-9-6-10-15-22)28(38)36-17-11-16-24(36)29(39)41-4/h6,9-10,14-15,19-21,23-24,26H,5,7-8,11-13,16-18H2,1-4H3,(H,33,40)(H,34,37)/t23-,24+,26?/m1/s1. The number of imidazole rings is 1. The van der Waals surface area contributed by atoms with Crippen LogP contribution in [0, 0.1) is 11.3 Å². The summed E-state index contributed by atoms with van der Waals surface area (Å²) in [6.07, 6.45) is 10.6. The number of anilines is 1. The Morgan fingerprint density at radius 1 is 1.02 bits per heavy atom. The average Bonchev–Trinajstić information content (AvgIpc) is 3.63. The number of esters is 1. The minimum absolute atomic E-state index is 0.181. The summed E-state index contributed by atoms with van der Waals surface area (Å²) in [7, 11) is 1.33. The van der Waals surface area contributed by atoms with E-state index in [-0.39, 0.29) is 23.5 Å². The van der Waals surface area contributed by atoms with Crippen LogP contribution in [0.3, 0.4) is 0 Å². The first kappa shape index (κ1) is 30.3. The maximum atomic E-state index is 13.9. The molecule has 0 spiro atoms. The van der Waals surface area contributed by atoms with E-state index in [1.54, 1.807) is 15.7 Å². The molecule has 0 radical (unpaired) electrons. The highest BCUT2D eigenvalue weighted by Crippen LogP contribution is 2.30. The van der Waals surface area contributed by atoms with Crippen molar-refractivity contribution < 1.29 is 23.9 Å². The molecule has 1 saturated heterocycles. The van der Waals surface area contributed by atoms with Crippen LogP contribution in [0.4, 0.5) is 5.82 Å². The van der Waals surface area contributed by atoms with E-state index in [2.05, 4.69) is 15.6 Å². The third kappa shape index (κ3) is 7.54. The number of nitrogens with zero attached hydrogens (tertiary/aromatic N) is 3. The fourth-order valence-electron chi connectivity index (χ4n) is 5.76. The van der Waals surface area contributed by atoms with Gasteiger partial charge < -0.3 is 24.8 Å². The molecule has 4 rings (SSSR count). The molecular weight excluding hydrogens is 522 g/mol. The minimum atomic E-state index is -0.779. The SMILES string of the molecule is COC(=O)[C@@H]1CCCN1C(=O)C(c1ccccc1)n1cnc(NC(=O)[C@@H](CC2CCCCC2)NC(=O)C(C)(C)C)c1. The van der Waals surface area contributed by atoms with Crippen molar-refractivity contribution in [2.45, 2.75) is 90.3 Å². The number of carbonyl (C=O) groups is 4. The molecule has 222 valence electrons. The first-order valence-electron chi connectivity index (χ1n) is 14.7. The van der Waals surface area contributed by atoms with Crippen LogP contribution < -0.4 is 10.6 Å². The number of hydrogen-bond acceptors (Lipinski definition) is 6. The Morgan fingerprint density at radius 3 is 2.39 bits per heavy atom. The number of hydrogen-bond donors (Lipinski definition) is 2. The van der Waals surface area contributed by atoms with Gasteiger partial charge in [-0.05, 0) is 30.7 Å². The number of ether oxygens (including phenoxy) is 1. The fraction of sp³-hybridized carbons (Fsp3) is 0.581.